The van der Waals surface area contributed by atoms with Gasteiger partial charge in [-0.25, -0.2) is 0 Å². The maximum absolute atomic E-state index is 12.4. The van der Waals surface area contributed by atoms with Gasteiger partial charge in [-0.2, -0.15) is 0 Å². The molecule has 0 aliphatic carbocycles. The summed E-state index contributed by atoms with van der Waals surface area (Å²) >= 11 is 7.99. The van der Waals surface area contributed by atoms with Crippen molar-refractivity contribution in [3.63, 3.8) is 0 Å². The number of likely N-dealkylation sites (tertiary alicyclic amines) is 1. The predicted octanol–water partition coefficient (Wildman–Crippen LogP) is 2.36. The van der Waals surface area contributed by atoms with E-state index in [-0.39, 0.29) is 30.2 Å². The summed E-state index contributed by atoms with van der Waals surface area (Å²) in [5.41, 5.74) is 0.464. The summed E-state index contributed by atoms with van der Waals surface area (Å²) < 4.78 is 0.784. The summed E-state index contributed by atoms with van der Waals surface area (Å²) in [7, 11) is 0. The van der Waals surface area contributed by atoms with Crippen LogP contribution in [0.2, 0.25) is 5.02 Å². The SMILES string of the molecule is C=CC(=O)N[C@@H]1CCCN(C(=O)CNc2cc(I)c(Cl)cc2O)C1. The number of benzene rings is 1. The number of aromatic hydroxyl groups is 1. The van der Waals surface area contributed by atoms with Crippen molar-refractivity contribution < 1.29 is 14.7 Å². The number of piperidine rings is 1. The highest BCUT2D eigenvalue weighted by Gasteiger charge is 2.24. The lowest BCUT2D eigenvalue weighted by molar-refractivity contribution is -0.131. The summed E-state index contributed by atoms with van der Waals surface area (Å²) in [4.78, 5) is 25.4. The van der Waals surface area contributed by atoms with E-state index in [2.05, 4.69) is 39.8 Å². The van der Waals surface area contributed by atoms with Gasteiger partial charge < -0.3 is 20.6 Å². The largest absolute Gasteiger partial charge is 0.506 e. The van der Waals surface area contributed by atoms with Gasteiger partial charge in [0, 0.05) is 28.8 Å². The quantitative estimate of drug-likeness (QED) is 0.356. The monoisotopic (exact) mass is 463 g/mol. The number of anilines is 1. The first-order valence-electron chi connectivity index (χ1n) is 7.53. The highest BCUT2D eigenvalue weighted by molar-refractivity contribution is 14.1. The molecule has 1 aliphatic rings. The van der Waals surface area contributed by atoms with Crippen molar-refractivity contribution in [3.8, 4) is 5.75 Å². The molecular weight excluding hydrogens is 445 g/mol. The average Bonchev–Trinajstić information content (AvgIpc) is 2.56. The van der Waals surface area contributed by atoms with E-state index in [9.17, 15) is 14.7 Å². The number of rotatable bonds is 5. The predicted molar refractivity (Wildman–Crippen MR) is 102 cm³/mol. The molecule has 130 valence electrons. The van der Waals surface area contributed by atoms with Gasteiger partial charge in [-0.05, 0) is 47.6 Å². The standard InChI is InChI=1S/C16H19ClIN3O3/c1-2-15(23)20-10-4-3-5-21(9-10)16(24)8-19-13-7-12(18)11(17)6-14(13)22/h2,6-7,10,19,22H,1,3-5,8-9H2,(H,20,23)/t10-/m1/s1. The zero-order valence-electron chi connectivity index (χ0n) is 13.0. The van der Waals surface area contributed by atoms with Gasteiger partial charge in [-0.3, -0.25) is 9.59 Å². The molecule has 24 heavy (non-hydrogen) atoms. The van der Waals surface area contributed by atoms with Crippen LogP contribution in [0.1, 0.15) is 12.8 Å². The Morgan fingerprint density at radius 3 is 2.96 bits per heavy atom. The van der Waals surface area contributed by atoms with E-state index in [1.165, 1.54) is 12.1 Å². The van der Waals surface area contributed by atoms with Crippen LogP contribution in [0.3, 0.4) is 0 Å². The van der Waals surface area contributed by atoms with Crippen LogP contribution in [0.25, 0.3) is 0 Å². The molecule has 8 heteroatoms. The molecule has 1 saturated heterocycles. The molecular formula is C16H19ClIN3O3. The van der Waals surface area contributed by atoms with Crippen molar-refractivity contribution in [2.45, 2.75) is 18.9 Å². The zero-order valence-corrected chi connectivity index (χ0v) is 15.9. The number of phenolic OH excluding ortho intramolecular Hbond substituents is 1. The molecule has 6 nitrogen and oxygen atoms in total. The molecule has 0 saturated carbocycles. The summed E-state index contributed by atoms with van der Waals surface area (Å²) in [6.07, 6.45) is 2.90. The second-order valence-electron chi connectivity index (χ2n) is 5.53. The minimum atomic E-state index is -0.229. The molecule has 1 aromatic carbocycles. The van der Waals surface area contributed by atoms with Gasteiger partial charge in [0.25, 0.3) is 0 Å². The number of phenols is 1. The fraction of sp³-hybridized carbons (Fsp3) is 0.375. The zero-order chi connectivity index (χ0) is 17.7. The van der Waals surface area contributed by atoms with E-state index in [0.717, 1.165) is 16.4 Å². The van der Waals surface area contributed by atoms with Gasteiger partial charge in [0.2, 0.25) is 11.8 Å². The van der Waals surface area contributed by atoms with Crippen LogP contribution in [0.4, 0.5) is 5.69 Å². The van der Waals surface area contributed by atoms with Gasteiger partial charge in [0.05, 0.1) is 17.3 Å². The molecule has 1 fully saturated rings. The molecule has 2 rings (SSSR count). The second kappa shape index (κ2) is 8.57. The maximum atomic E-state index is 12.4. The Balaban J connectivity index is 1.91. The minimum absolute atomic E-state index is 0.00276. The van der Waals surface area contributed by atoms with Gasteiger partial charge in [-0.1, -0.05) is 18.2 Å². The first-order chi connectivity index (χ1) is 11.4. The lowest BCUT2D eigenvalue weighted by Gasteiger charge is -2.33. The van der Waals surface area contributed by atoms with Gasteiger partial charge >= 0.3 is 0 Å². The number of carbonyl (C=O) groups excluding carboxylic acids is 2. The van der Waals surface area contributed by atoms with E-state index < -0.39 is 0 Å². The molecule has 2 amide bonds. The lowest BCUT2D eigenvalue weighted by Crippen LogP contribution is -2.50. The van der Waals surface area contributed by atoms with Crippen LogP contribution in [0, 0.1) is 3.57 Å². The van der Waals surface area contributed by atoms with Crippen molar-refractivity contribution in [2.75, 3.05) is 25.0 Å². The normalized spacial score (nSPS) is 17.2. The third-order valence-corrected chi connectivity index (χ3v) is 5.30. The molecule has 0 radical (unpaired) electrons. The number of halogens is 2. The van der Waals surface area contributed by atoms with Crippen LogP contribution in [-0.2, 0) is 9.59 Å². The number of carbonyl (C=O) groups is 2. The first-order valence-corrected chi connectivity index (χ1v) is 8.99. The summed E-state index contributed by atoms with van der Waals surface area (Å²) in [5, 5.41) is 16.1. The molecule has 1 heterocycles. The third-order valence-electron chi connectivity index (χ3n) is 3.77. The Labute approximate surface area is 159 Å². The van der Waals surface area contributed by atoms with Gasteiger partial charge in [0.1, 0.15) is 5.75 Å². The molecule has 1 atom stereocenters. The minimum Gasteiger partial charge on any atom is -0.506 e. The second-order valence-corrected chi connectivity index (χ2v) is 7.10. The summed E-state index contributed by atoms with van der Waals surface area (Å²) in [6.45, 7) is 4.63. The Hall–Kier alpha value is -1.48. The van der Waals surface area contributed by atoms with Crippen LogP contribution < -0.4 is 10.6 Å². The third kappa shape index (κ3) is 5.01. The molecule has 0 unspecified atom stereocenters. The highest BCUT2D eigenvalue weighted by Crippen LogP contribution is 2.31. The molecule has 0 spiro atoms. The molecule has 0 aromatic heterocycles. The topological polar surface area (TPSA) is 81.7 Å². The van der Waals surface area contributed by atoms with Crippen molar-refractivity contribution in [1.82, 2.24) is 10.2 Å². The van der Waals surface area contributed by atoms with E-state index >= 15 is 0 Å². The number of nitrogens with one attached hydrogen (secondary N) is 2. The maximum Gasteiger partial charge on any atom is 0.243 e. The van der Waals surface area contributed by atoms with Crippen LogP contribution in [0.5, 0.6) is 5.75 Å². The van der Waals surface area contributed by atoms with Crippen molar-refractivity contribution in [3.05, 3.63) is 33.4 Å². The Morgan fingerprint density at radius 2 is 2.25 bits per heavy atom. The van der Waals surface area contributed by atoms with Crippen molar-refractivity contribution in [1.29, 1.82) is 0 Å². The molecule has 1 aliphatic heterocycles. The van der Waals surface area contributed by atoms with Crippen LogP contribution >= 0.6 is 34.2 Å². The molecule has 1 aromatic rings. The summed E-state index contributed by atoms with van der Waals surface area (Å²) in [5.74, 6) is -0.312. The molecule has 3 N–H and O–H groups in total. The van der Waals surface area contributed by atoms with E-state index in [4.69, 9.17) is 11.6 Å². The van der Waals surface area contributed by atoms with E-state index in [0.29, 0.717) is 23.8 Å². The van der Waals surface area contributed by atoms with Crippen LogP contribution in [0.15, 0.2) is 24.8 Å². The summed E-state index contributed by atoms with van der Waals surface area (Å²) in [6, 6.07) is 3.07. The smallest absolute Gasteiger partial charge is 0.243 e. The lowest BCUT2D eigenvalue weighted by atomic mass is 10.1. The number of hydrogen-bond donors (Lipinski definition) is 3. The van der Waals surface area contributed by atoms with Crippen molar-refractivity contribution >= 4 is 51.7 Å². The highest BCUT2D eigenvalue weighted by atomic mass is 127. The van der Waals surface area contributed by atoms with Crippen LogP contribution in [-0.4, -0.2) is 47.5 Å². The number of hydrogen-bond acceptors (Lipinski definition) is 4. The first kappa shape index (κ1) is 18.9. The van der Waals surface area contributed by atoms with E-state index in [1.807, 2.05) is 0 Å². The van der Waals surface area contributed by atoms with Gasteiger partial charge in [0.15, 0.2) is 0 Å². The Morgan fingerprint density at radius 1 is 1.50 bits per heavy atom. The fourth-order valence-electron chi connectivity index (χ4n) is 2.54. The average molecular weight is 464 g/mol. The number of amides is 2. The fourth-order valence-corrected chi connectivity index (χ4v) is 3.17. The Bertz CT molecular complexity index is 654. The van der Waals surface area contributed by atoms with Gasteiger partial charge in [-0.15, -0.1) is 0 Å². The Kier molecular flexibility index (Phi) is 6.73. The van der Waals surface area contributed by atoms with E-state index in [1.54, 1.807) is 11.0 Å². The molecule has 0 bridgehead atoms. The van der Waals surface area contributed by atoms with Crippen molar-refractivity contribution in [2.24, 2.45) is 0 Å². The number of nitrogens with zero attached hydrogens (tertiary/aromatic N) is 1.